The highest BCUT2D eigenvalue weighted by molar-refractivity contribution is 4.69. The minimum atomic E-state index is 0.478. The fourth-order valence-corrected chi connectivity index (χ4v) is 0.825. The fourth-order valence-electron chi connectivity index (χ4n) is 0.825. The van der Waals surface area contributed by atoms with Crippen LogP contribution in [0.15, 0.2) is 10.2 Å². The molecule has 0 saturated carbocycles. The summed E-state index contributed by atoms with van der Waals surface area (Å²) < 4.78 is 0. The first-order valence-corrected chi connectivity index (χ1v) is 3.19. The molecule has 0 N–H and O–H groups in total. The van der Waals surface area contributed by atoms with Crippen LogP contribution in [0.1, 0.15) is 26.7 Å². The molecule has 0 bridgehead atoms. The molecule has 0 aliphatic carbocycles. The van der Waals surface area contributed by atoms with E-state index in [4.69, 9.17) is 0 Å². The molecule has 0 saturated heterocycles. The van der Waals surface area contributed by atoms with Crippen molar-refractivity contribution < 1.29 is 0 Å². The molecule has 0 spiro atoms. The number of rotatable bonds is 0. The summed E-state index contributed by atoms with van der Waals surface area (Å²) in [6, 6.07) is 0.956. The number of hydrogen-bond acceptors (Lipinski definition) is 2. The van der Waals surface area contributed by atoms with Crippen LogP contribution in [0.25, 0.3) is 0 Å². The van der Waals surface area contributed by atoms with E-state index in [0.29, 0.717) is 12.1 Å². The molecule has 1 rings (SSSR count). The van der Waals surface area contributed by atoms with Gasteiger partial charge in [0.25, 0.3) is 0 Å². The van der Waals surface area contributed by atoms with Crippen LogP contribution >= 0.6 is 0 Å². The van der Waals surface area contributed by atoms with E-state index in [2.05, 4.69) is 24.1 Å². The molecule has 1 aliphatic rings. The number of nitrogens with zero attached hydrogens (tertiary/aromatic N) is 2. The highest BCUT2D eigenvalue weighted by Gasteiger charge is 2.09. The third kappa shape index (κ3) is 1.29. The lowest BCUT2D eigenvalue weighted by Crippen LogP contribution is -2.09. The Balaban J connectivity index is 2.42. The summed E-state index contributed by atoms with van der Waals surface area (Å²) >= 11 is 0. The van der Waals surface area contributed by atoms with Crippen molar-refractivity contribution in [3.05, 3.63) is 0 Å². The molecule has 8 heavy (non-hydrogen) atoms. The van der Waals surface area contributed by atoms with Gasteiger partial charge < -0.3 is 0 Å². The van der Waals surface area contributed by atoms with Gasteiger partial charge in [-0.3, -0.25) is 0 Å². The minimum Gasteiger partial charge on any atom is -0.191 e. The van der Waals surface area contributed by atoms with Gasteiger partial charge >= 0.3 is 0 Å². The summed E-state index contributed by atoms with van der Waals surface area (Å²) in [5.41, 5.74) is 0. The summed E-state index contributed by atoms with van der Waals surface area (Å²) in [5.74, 6) is 0. The molecular formula is C6H12N2. The molecule has 2 unspecified atom stereocenters. The summed E-state index contributed by atoms with van der Waals surface area (Å²) in [6.07, 6.45) is 2.43. The van der Waals surface area contributed by atoms with Gasteiger partial charge in [-0.05, 0) is 26.7 Å². The zero-order chi connectivity index (χ0) is 5.98. The Kier molecular flexibility index (Phi) is 1.61. The molecule has 2 atom stereocenters. The number of hydrogen-bond donors (Lipinski definition) is 0. The quantitative estimate of drug-likeness (QED) is 0.458. The maximum absolute atomic E-state index is 4.04. The topological polar surface area (TPSA) is 24.7 Å². The van der Waals surface area contributed by atoms with Crippen molar-refractivity contribution in [1.29, 1.82) is 0 Å². The van der Waals surface area contributed by atoms with Crippen molar-refractivity contribution in [2.45, 2.75) is 38.8 Å². The highest BCUT2D eigenvalue weighted by Crippen LogP contribution is 2.13. The maximum atomic E-state index is 4.04. The highest BCUT2D eigenvalue weighted by atomic mass is 15.1. The Morgan fingerprint density at radius 1 is 1.00 bits per heavy atom. The first-order valence-electron chi connectivity index (χ1n) is 3.19. The standard InChI is InChI=1S/C6H12N2/c1-5-3-4-6(2)8-7-5/h5-6H,3-4H2,1-2H3. The van der Waals surface area contributed by atoms with Gasteiger partial charge in [0.05, 0.1) is 12.1 Å². The molecular weight excluding hydrogens is 100 g/mol. The first kappa shape index (κ1) is 5.73. The summed E-state index contributed by atoms with van der Waals surface area (Å²) in [4.78, 5) is 0. The largest absolute Gasteiger partial charge is 0.191 e. The molecule has 0 radical (unpaired) electrons. The predicted molar refractivity (Wildman–Crippen MR) is 33.0 cm³/mol. The van der Waals surface area contributed by atoms with E-state index in [1.165, 1.54) is 12.8 Å². The first-order chi connectivity index (χ1) is 3.79. The second kappa shape index (κ2) is 2.25. The SMILES string of the molecule is CC1CCC(C)N=N1. The van der Waals surface area contributed by atoms with Crippen molar-refractivity contribution in [2.75, 3.05) is 0 Å². The van der Waals surface area contributed by atoms with Crippen LogP contribution in [-0.4, -0.2) is 12.1 Å². The van der Waals surface area contributed by atoms with Crippen molar-refractivity contribution >= 4 is 0 Å². The van der Waals surface area contributed by atoms with E-state index in [0.717, 1.165) is 0 Å². The maximum Gasteiger partial charge on any atom is 0.0681 e. The Morgan fingerprint density at radius 3 is 1.62 bits per heavy atom. The van der Waals surface area contributed by atoms with Crippen LogP contribution in [0, 0.1) is 0 Å². The lowest BCUT2D eigenvalue weighted by molar-refractivity contribution is 0.472. The van der Waals surface area contributed by atoms with Crippen molar-refractivity contribution in [1.82, 2.24) is 0 Å². The fraction of sp³-hybridized carbons (Fsp3) is 1.00. The van der Waals surface area contributed by atoms with Crippen molar-refractivity contribution in [3.8, 4) is 0 Å². The summed E-state index contributed by atoms with van der Waals surface area (Å²) in [5, 5.41) is 8.07. The molecule has 0 aromatic carbocycles. The van der Waals surface area contributed by atoms with Crippen LogP contribution in [-0.2, 0) is 0 Å². The van der Waals surface area contributed by atoms with E-state index in [1.807, 2.05) is 0 Å². The van der Waals surface area contributed by atoms with E-state index in [1.54, 1.807) is 0 Å². The third-order valence-electron chi connectivity index (χ3n) is 1.46. The molecule has 46 valence electrons. The smallest absolute Gasteiger partial charge is 0.0681 e. The average molecular weight is 112 g/mol. The zero-order valence-corrected chi connectivity index (χ0v) is 5.46. The van der Waals surface area contributed by atoms with Gasteiger partial charge in [0.1, 0.15) is 0 Å². The molecule has 0 aromatic rings. The van der Waals surface area contributed by atoms with Crippen LogP contribution < -0.4 is 0 Å². The lowest BCUT2D eigenvalue weighted by atomic mass is 10.1. The second-order valence-corrected chi connectivity index (χ2v) is 2.51. The Hall–Kier alpha value is -0.400. The van der Waals surface area contributed by atoms with Gasteiger partial charge in [0.15, 0.2) is 0 Å². The predicted octanol–water partition coefficient (Wildman–Crippen LogP) is 2.01. The van der Waals surface area contributed by atoms with E-state index in [9.17, 15) is 0 Å². The van der Waals surface area contributed by atoms with Gasteiger partial charge in [-0.2, -0.15) is 10.2 Å². The number of azo groups is 1. The van der Waals surface area contributed by atoms with Crippen LogP contribution in [0.3, 0.4) is 0 Å². The van der Waals surface area contributed by atoms with Crippen LogP contribution in [0.5, 0.6) is 0 Å². The summed E-state index contributed by atoms with van der Waals surface area (Å²) in [7, 11) is 0. The van der Waals surface area contributed by atoms with Crippen LogP contribution in [0.2, 0.25) is 0 Å². The van der Waals surface area contributed by atoms with E-state index < -0.39 is 0 Å². The normalized spacial score (nSPS) is 37.8. The summed E-state index contributed by atoms with van der Waals surface area (Å²) in [6.45, 7) is 4.21. The molecule has 0 aromatic heterocycles. The van der Waals surface area contributed by atoms with Gasteiger partial charge in [-0.15, -0.1) is 0 Å². The molecule has 2 nitrogen and oxygen atoms in total. The second-order valence-electron chi connectivity index (χ2n) is 2.51. The Bertz CT molecular complexity index is 86.7. The Morgan fingerprint density at radius 2 is 1.38 bits per heavy atom. The lowest BCUT2D eigenvalue weighted by Gasteiger charge is -2.13. The van der Waals surface area contributed by atoms with Crippen LogP contribution in [0.4, 0.5) is 0 Å². The third-order valence-corrected chi connectivity index (χ3v) is 1.46. The van der Waals surface area contributed by atoms with Crippen molar-refractivity contribution in [2.24, 2.45) is 10.2 Å². The van der Waals surface area contributed by atoms with Crippen molar-refractivity contribution in [3.63, 3.8) is 0 Å². The molecule has 2 heteroatoms. The average Bonchev–Trinajstić information content (AvgIpc) is 1.77. The molecule has 0 amide bonds. The van der Waals surface area contributed by atoms with E-state index in [-0.39, 0.29) is 0 Å². The monoisotopic (exact) mass is 112 g/mol. The van der Waals surface area contributed by atoms with Gasteiger partial charge in [-0.1, -0.05) is 0 Å². The minimum absolute atomic E-state index is 0.478. The zero-order valence-electron chi connectivity index (χ0n) is 5.46. The van der Waals surface area contributed by atoms with Gasteiger partial charge in [0, 0.05) is 0 Å². The molecule has 1 aliphatic heterocycles. The van der Waals surface area contributed by atoms with Gasteiger partial charge in [-0.25, -0.2) is 0 Å². The molecule has 1 heterocycles. The van der Waals surface area contributed by atoms with Gasteiger partial charge in [0.2, 0.25) is 0 Å². The Labute approximate surface area is 50.0 Å². The molecule has 0 fully saturated rings. The van der Waals surface area contributed by atoms with E-state index >= 15 is 0 Å².